The van der Waals surface area contributed by atoms with Gasteiger partial charge in [-0.15, -0.1) is 0 Å². The zero-order chi connectivity index (χ0) is 9.90. The first-order valence-electron chi connectivity index (χ1n) is 4.02. The molecule has 0 fully saturated rings. The molecule has 0 unspecified atom stereocenters. The van der Waals surface area contributed by atoms with Crippen LogP contribution in [-0.4, -0.2) is 10.6 Å². The predicted octanol–water partition coefficient (Wildman–Crippen LogP) is 2.11. The van der Waals surface area contributed by atoms with Crippen LogP contribution in [0.15, 0.2) is 24.3 Å². The Morgan fingerprint density at radius 1 is 1.38 bits per heavy atom. The topological polar surface area (TPSA) is 56.0 Å². The largest absolute Gasteiger partial charge is 0.506 e. The first-order valence-corrected chi connectivity index (χ1v) is 4.02. The standard InChI is InChI=1S/C10H12N2O/c1-10(2,7-11)12-8-5-3-4-6-9(8)13/h3-6,12-13H,1-2H3. The van der Waals surface area contributed by atoms with E-state index in [2.05, 4.69) is 11.4 Å². The maximum absolute atomic E-state index is 9.40. The first kappa shape index (κ1) is 9.40. The quantitative estimate of drug-likeness (QED) is 0.678. The molecule has 0 atom stereocenters. The zero-order valence-corrected chi connectivity index (χ0v) is 7.70. The molecule has 0 amide bonds. The van der Waals surface area contributed by atoms with Crippen LogP contribution >= 0.6 is 0 Å². The van der Waals surface area contributed by atoms with Gasteiger partial charge in [-0.05, 0) is 26.0 Å². The molecule has 0 aliphatic rings. The molecular formula is C10H12N2O. The molecule has 0 saturated carbocycles. The number of hydrogen-bond donors (Lipinski definition) is 2. The van der Waals surface area contributed by atoms with Crippen LogP contribution in [0.4, 0.5) is 5.69 Å². The van der Waals surface area contributed by atoms with Crippen molar-refractivity contribution in [1.29, 1.82) is 5.26 Å². The normalized spacial score (nSPS) is 10.5. The molecule has 0 heterocycles. The van der Waals surface area contributed by atoms with Crippen LogP contribution in [-0.2, 0) is 0 Å². The van der Waals surface area contributed by atoms with Crippen molar-refractivity contribution < 1.29 is 5.11 Å². The summed E-state index contributed by atoms with van der Waals surface area (Å²) in [5, 5.41) is 21.1. The Balaban J connectivity index is 2.88. The van der Waals surface area contributed by atoms with E-state index in [1.54, 1.807) is 38.1 Å². The van der Waals surface area contributed by atoms with Crippen LogP contribution in [0, 0.1) is 11.3 Å². The SMILES string of the molecule is CC(C)(C#N)Nc1ccccc1O. The van der Waals surface area contributed by atoms with Crippen molar-refractivity contribution >= 4 is 5.69 Å². The van der Waals surface area contributed by atoms with E-state index >= 15 is 0 Å². The van der Waals surface area contributed by atoms with E-state index in [0.717, 1.165) is 0 Å². The van der Waals surface area contributed by atoms with E-state index in [0.29, 0.717) is 5.69 Å². The van der Waals surface area contributed by atoms with Gasteiger partial charge >= 0.3 is 0 Å². The number of nitrogens with zero attached hydrogens (tertiary/aromatic N) is 1. The fourth-order valence-electron chi connectivity index (χ4n) is 0.944. The number of para-hydroxylation sites is 2. The smallest absolute Gasteiger partial charge is 0.138 e. The fourth-order valence-corrected chi connectivity index (χ4v) is 0.944. The molecule has 2 N–H and O–H groups in total. The molecular weight excluding hydrogens is 164 g/mol. The lowest BCUT2D eigenvalue weighted by Gasteiger charge is -2.19. The monoisotopic (exact) mass is 176 g/mol. The Labute approximate surface area is 77.6 Å². The van der Waals surface area contributed by atoms with Crippen LogP contribution in [0.5, 0.6) is 5.75 Å². The number of nitriles is 1. The number of benzene rings is 1. The molecule has 0 radical (unpaired) electrons. The number of rotatable bonds is 2. The molecule has 1 aromatic rings. The number of anilines is 1. The Morgan fingerprint density at radius 3 is 2.54 bits per heavy atom. The van der Waals surface area contributed by atoms with Crippen molar-refractivity contribution in [3.8, 4) is 11.8 Å². The number of nitrogens with one attached hydrogen (secondary N) is 1. The lowest BCUT2D eigenvalue weighted by Crippen LogP contribution is -2.28. The maximum Gasteiger partial charge on any atom is 0.138 e. The van der Waals surface area contributed by atoms with Crippen LogP contribution < -0.4 is 5.32 Å². The van der Waals surface area contributed by atoms with Crippen LogP contribution in [0.25, 0.3) is 0 Å². The summed E-state index contributed by atoms with van der Waals surface area (Å²) in [6.07, 6.45) is 0. The number of phenolic OH excluding ortho intramolecular Hbond substituents is 1. The molecule has 1 aromatic carbocycles. The highest BCUT2D eigenvalue weighted by Gasteiger charge is 2.16. The molecule has 3 nitrogen and oxygen atoms in total. The highest BCUT2D eigenvalue weighted by molar-refractivity contribution is 5.57. The second-order valence-electron chi connectivity index (χ2n) is 3.38. The van der Waals surface area contributed by atoms with Crippen molar-refractivity contribution in [2.45, 2.75) is 19.4 Å². The summed E-state index contributed by atoms with van der Waals surface area (Å²) < 4.78 is 0. The highest BCUT2D eigenvalue weighted by Crippen LogP contribution is 2.24. The molecule has 0 aliphatic carbocycles. The van der Waals surface area contributed by atoms with Gasteiger partial charge in [0.2, 0.25) is 0 Å². The van der Waals surface area contributed by atoms with Gasteiger partial charge in [0.1, 0.15) is 11.3 Å². The van der Waals surface area contributed by atoms with Gasteiger partial charge in [0.15, 0.2) is 0 Å². The van der Waals surface area contributed by atoms with Gasteiger partial charge < -0.3 is 10.4 Å². The molecule has 3 heteroatoms. The second-order valence-corrected chi connectivity index (χ2v) is 3.38. The number of phenols is 1. The van der Waals surface area contributed by atoms with Crippen molar-refractivity contribution in [3.05, 3.63) is 24.3 Å². The summed E-state index contributed by atoms with van der Waals surface area (Å²) in [5.41, 5.74) is -0.0900. The van der Waals surface area contributed by atoms with Gasteiger partial charge in [0, 0.05) is 0 Å². The summed E-state index contributed by atoms with van der Waals surface area (Å²) in [6.45, 7) is 3.50. The van der Waals surface area contributed by atoms with Crippen LogP contribution in [0.3, 0.4) is 0 Å². The van der Waals surface area contributed by atoms with Crippen molar-refractivity contribution in [2.75, 3.05) is 5.32 Å². The Hall–Kier alpha value is -1.69. The van der Waals surface area contributed by atoms with Crippen LogP contribution in [0.2, 0.25) is 0 Å². The average Bonchev–Trinajstić information content (AvgIpc) is 2.09. The lowest BCUT2D eigenvalue weighted by molar-refractivity contribution is 0.475. The minimum Gasteiger partial charge on any atom is -0.506 e. The molecule has 1 rings (SSSR count). The summed E-state index contributed by atoms with van der Waals surface area (Å²) in [6, 6.07) is 8.94. The minimum atomic E-state index is -0.668. The highest BCUT2D eigenvalue weighted by atomic mass is 16.3. The van der Waals surface area contributed by atoms with E-state index in [1.807, 2.05) is 0 Å². The molecule has 0 saturated heterocycles. The van der Waals surface area contributed by atoms with E-state index in [-0.39, 0.29) is 5.75 Å². The van der Waals surface area contributed by atoms with E-state index in [4.69, 9.17) is 5.26 Å². The predicted molar refractivity (Wildman–Crippen MR) is 51.4 cm³/mol. The maximum atomic E-state index is 9.40. The third kappa shape index (κ3) is 2.38. The first-order chi connectivity index (χ1) is 6.05. The molecule has 13 heavy (non-hydrogen) atoms. The molecule has 0 aliphatic heterocycles. The van der Waals surface area contributed by atoms with Gasteiger partial charge in [-0.1, -0.05) is 12.1 Å². The Morgan fingerprint density at radius 2 is 2.00 bits per heavy atom. The average molecular weight is 176 g/mol. The summed E-state index contributed by atoms with van der Waals surface area (Å²) in [5.74, 6) is 0.158. The summed E-state index contributed by atoms with van der Waals surface area (Å²) in [7, 11) is 0. The van der Waals surface area contributed by atoms with E-state index in [1.165, 1.54) is 0 Å². The minimum absolute atomic E-state index is 0.158. The third-order valence-electron chi connectivity index (χ3n) is 1.63. The van der Waals surface area contributed by atoms with Crippen molar-refractivity contribution in [3.63, 3.8) is 0 Å². The third-order valence-corrected chi connectivity index (χ3v) is 1.63. The Kier molecular flexibility index (Phi) is 2.43. The molecule has 0 spiro atoms. The lowest BCUT2D eigenvalue weighted by atomic mass is 10.1. The van der Waals surface area contributed by atoms with Gasteiger partial charge in [-0.25, -0.2) is 0 Å². The van der Waals surface area contributed by atoms with Crippen LogP contribution in [0.1, 0.15) is 13.8 Å². The number of aromatic hydroxyl groups is 1. The van der Waals surface area contributed by atoms with Gasteiger partial charge in [0.05, 0.1) is 11.8 Å². The fraction of sp³-hybridized carbons (Fsp3) is 0.300. The molecule has 68 valence electrons. The van der Waals surface area contributed by atoms with Gasteiger partial charge in [-0.3, -0.25) is 0 Å². The second kappa shape index (κ2) is 3.36. The molecule has 0 bridgehead atoms. The molecule has 0 aromatic heterocycles. The summed E-state index contributed by atoms with van der Waals surface area (Å²) in [4.78, 5) is 0. The number of hydrogen-bond acceptors (Lipinski definition) is 3. The van der Waals surface area contributed by atoms with E-state index in [9.17, 15) is 5.11 Å². The van der Waals surface area contributed by atoms with E-state index < -0.39 is 5.54 Å². The summed E-state index contributed by atoms with van der Waals surface area (Å²) >= 11 is 0. The van der Waals surface area contributed by atoms with Crippen molar-refractivity contribution in [2.24, 2.45) is 0 Å². The van der Waals surface area contributed by atoms with Gasteiger partial charge in [0.25, 0.3) is 0 Å². The zero-order valence-electron chi connectivity index (χ0n) is 7.70. The van der Waals surface area contributed by atoms with Gasteiger partial charge in [-0.2, -0.15) is 5.26 Å². The Bertz CT molecular complexity index is 339. The van der Waals surface area contributed by atoms with Crippen molar-refractivity contribution in [1.82, 2.24) is 0 Å².